The molecule has 114 valence electrons. The Morgan fingerprint density at radius 3 is 2.16 bits per heavy atom. The van der Waals surface area contributed by atoms with Crippen molar-refractivity contribution < 1.29 is 8.42 Å². The number of hydrogen-bond donors (Lipinski definition) is 1. The molecule has 1 rings (SSSR count). The molecule has 0 heterocycles. The summed E-state index contributed by atoms with van der Waals surface area (Å²) in [4.78, 5) is 0. The quantitative estimate of drug-likeness (QED) is 0.783. The van der Waals surface area contributed by atoms with Crippen LogP contribution in [0.15, 0.2) is 0 Å². The summed E-state index contributed by atoms with van der Waals surface area (Å²) in [6, 6.07) is 0.132. The molecular weight excluding hydrogens is 258 g/mol. The van der Waals surface area contributed by atoms with E-state index in [9.17, 15) is 8.42 Å². The van der Waals surface area contributed by atoms with Crippen molar-refractivity contribution in [3.05, 3.63) is 0 Å². The molecule has 0 bridgehead atoms. The third kappa shape index (κ3) is 5.07. The van der Waals surface area contributed by atoms with Crippen molar-refractivity contribution in [2.75, 3.05) is 12.8 Å². The zero-order chi connectivity index (χ0) is 14.5. The monoisotopic (exact) mass is 289 g/mol. The van der Waals surface area contributed by atoms with E-state index in [1.54, 1.807) is 0 Å². The molecule has 0 spiro atoms. The van der Waals surface area contributed by atoms with Gasteiger partial charge in [-0.2, -0.15) is 0 Å². The van der Waals surface area contributed by atoms with Crippen LogP contribution in [-0.4, -0.2) is 32.5 Å². The zero-order valence-electron chi connectivity index (χ0n) is 13.0. The fourth-order valence-corrected chi connectivity index (χ4v) is 4.10. The largest absolute Gasteiger partial charge is 0.312 e. The molecule has 0 radical (unpaired) electrons. The maximum atomic E-state index is 11.9. The summed E-state index contributed by atoms with van der Waals surface area (Å²) < 4.78 is 23.7. The first-order chi connectivity index (χ1) is 8.90. The molecule has 3 nitrogen and oxygen atoms in total. The Hall–Kier alpha value is -0.0900. The van der Waals surface area contributed by atoms with Crippen LogP contribution in [0, 0.1) is 11.8 Å². The van der Waals surface area contributed by atoms with E-state index in [1.807, 2.05) is 6.92 Å². The van der Waals surface area contributed by atoms with Gasteiger partial charge in [0.05, 0.1) is 5.25 Å². The molecule has 1 saturated carbocycles. The predicted molar refractivity (Wildman–Crippen MR) is 82.1 cm³/mol. The number of hydrogen-bond acceptors (Lipinski definition) is 3. The minimum atomic E-state index is -2.96. The van der Waals surface area contributed by atoms with Gasteiger partial charge in [-0.25, -0.2) is 8.42 Å². The van der Waals surface area contributed by atoms with Gasteiger partial charge in [0, 0.05) is 12.3 Å². The van der Waals surface area contributed by atoms with Gasteiger partial charge in [0.2, 0.25) is 0 Å². The molecule has 1 aliphatic rings. The molecule has 0 aromatic carbocycles. The Kier molecular flexibility index (Phi) is 6.81. The van der Waals surface area contributed by atoms with Crippen LogP contribution in [-0.2, 0) is 9.84 Å². The lowest BCUT2D eigenvalue weighted by molar-refractivity contribution is 0.215. The zero-order valence-corrected chi connectivity index (χ0v) is 13.8. The number of sulfone groups is 1. The van der Waals surface area contributed by atoms with Crippen LogP contribution >= 0.6 is 0 Å². The minimum Gasteiger partial charge on any atom is -0.312 e. The highest BCUT2D eigenvalue weighted by Crippen LogP contribution is 2.34. The topological polar surface area (TPSA) is 46.2 Å². The third-order valence-electron chi connectivity index (χ3n) is 4.79. The van der Waals surface area contributed by atoms with E-state index in [0.29, 0.717) is 5.92 Å². The molecule has 2 atom stereocenters. The third-order valence-corrected chi connectivity index (χ3v) is 6.43. The van der Waals surface area contributed by atoms with Gasteiger partial charge < -0.3 is 5.32 Å². The number of nitrogens with one attached hydrogen (secondary N) is 1. The second kappa shape index (κ2) is 7.63. The Morgan fingerprint density at radius 1 is 1.16 bits per heavy atom. The fraction of sp³-hybridized carbons (Fsp3) is 1.00. The van der Waals surface area contributed by atoms with Gasteiger partial charge in [-0.15, -0.1) is 0 Å². The maximum Gasteiger partial charge on any atom is 0.151 e. The normalized spacial score (nSPS) is 28.0. The first kappa shape index (κ1) is 17.0. The Morgan fingerprint density at radius 2 is 1.74 bits per heavy atom. The lowest BCUT2D eigenvalue weighted by Gasteiger charge is -2.36. The van der Waals surface area contributed by atoms with E-state index in [-0.39, 0.29) is 11.3 Å². The van der Waals surface area contributed by atoms with E-state index in [4.69, 9.17) is 0 Å². The molecule has 0 aromatic rings. The maximum absolute atomic E-state index is 11.9. The first-order valence-electron chi connectivity index (χ1n) is 7.82. The van der Waals surface area contributed by atoms with Crippen molar-refractivity contribution in [2.45, 2.75) is 70.6 Å². The Bertz CT molecular complexity index is 345. The van der Waals surface area contributed by atoms with Crippen LogP contribution in [0.2, 0.25) is 0 Å². The highest BCUT2D eigenvalue weighted by molar-refractivity contribution is 7.91. The van der Waals surface area contributed by atoms with Crippen LogP contribution in [0.5, 0.6) is 0 Å². The van der Waals surface area contributed by atoms with Crippen LogP contribution in [0.1, 0.15) is 59.3 Å². The molecule has 1 aliphatic carbocycles. The highest BCUT2D eigenvalue weighted by atomic mass is 32.2. The predicted octanol–water partition coefficient (Wildman–Crippen LogP) is 3.00. The summed E-state index contributed by atoms with van der Waals surface area (Å²) >= 11 is 0. The summed E-state index contributed by atoms with van der Waals surface area (Å²) in [5.41, 5.74) is 0. The van der Waals surface area contributed by atoms with Gasteiger partial charge in [0.25, 0.3) is 0 Å². The van der Waals surface area contributed by atoms with Gasteiger partial charge in [-0.1, -0.05) is 33.1 Å². The average molecular weight is 289 g/mol. The summed E-state index contributed by atoms with van der Waals surface area (Å²) in [7, 11) is -2.96. The van der Waals surface area contributed by atoms with Crippen molar-refractivity contribution in [2.24, 2.45) is 11.8 Å². The van der Waals surface area contributed by atoms with Crippen LogP contribution < -0.4 is 5.32 Å². The van der Waals surface area contributed by atoms with E-state index < -0.39 is 9.84 Å². The minimum absolute atomic E-state index is 0.132. The molecule has 4 heteroatoms. The van der Waals surface area contributed by atoms with Crippen LogP contribution in [0.3, 0.4) is 0 Å². The van der Waals surface area contributed by atoms with Crippen molar-refractivity contribution >= 4 is 9.84 Å². The average Bonchev–Trinajstić information content (AvgIpc) is 2.38. The molecule has 19 heavy (non-hydrogen) atoms. The second-order valence-corrected chi connectivity index (χ2v) is 8.61. The smallest absolute Gasteiger partial charge is 0.151 e. The van der Waals surface area contributed by atoms with Gasteiger partial charge in [0.15, 0.2) is 9.84 Å². The van der Waals surface area contributed by atoms with Gasteiger partial charge >= 0.3 is 0 Å². The van der Waals surface area contributed by atoms with Crippen molar-refractivity contribution in [1.82, 2.24) is 5.32 Å². The van der Waals surface area contributed by atoms with E-state index in [2.05, 4.69) is 19.2 Å². The number of rotatable bonds is 7. The molecule has 0 aliphatic heterocycles. The summed E-state index contributed by atoms with van der Waals surface area (Å²) in [5, 5.41) is 3.22. The standard InChI is InChI=1S/C15H31NO2S/c1-5-11-16-15(12(3)19(4,17)18)14-9-7-13(6-2)8-10-14/h12-16H,5-11H2,1-4H3. The second-order valence-electron chi connectivity index (χ2n) is 6.20. The Balaban J connectivity index is 2.69. The van der Waals surface area contributed by atoms with Crippen molar-refractivity contribution in [3.8, 4) is 0 Å². The molecule has 1 fully saturated rings. The highest BCUT2D eigenvalue weighted by Gasteiger charge is 2.34. The van der Waals surface area contributed by atoms with Gasteiger partial charge in [-0.05, 0) is 44.6 Å². The van der Waals surface area contributed by atoms with Crippen molar-refractivity contribution in [3.63, 3.8) is 0 Å². The van der Waals surface area contributed by atoms with Crippen LogP contribution in [0.4, 0.5) is 0 Å². The SMILES string of the molecule is CCCNC(C1CCC(CC)CC1)C(C)S(C)(=O)=O. The molecule has 1 N–H and O–H groups in total. The van der Waals surface area contributed by atoms with E-state index in [0.717, 1.165) is 18.9 Å². The first-order valence-corrected chi connectivity index (χ1v) is 9.77. The van der Waals surface area contributed by atoms with E-state index in [1.165, 1.54) is 38.4 Å². The van der Waals surface area contributed by atoms with Crippen molar-refractivity contribution in [1.29, 1.82) is 0 Å². The van der Waals surface area contributed by atoms with Gasteiger partial charge in [-0.3, -0.25) is 0 Å². The molecule has 0 amide bonds. The summed E-state index contributed by atoms with van der Waals surface area (Å²) in [5.74, 6) is 1.38. The molecular formula is C15H31NO2S. The lowest BCUT2D eigenvalue weighted by Crippen LogP contribution is -2.48. The summed E-state index contributed by atoms with van der Waals surface area (Å²) in [6.45, 7) is 7.17. The van der Waals surface area contributed by atoms with E-state index >= 15 is 0 Å². The summed E-state index contributed by atoms with van der Waals surface area (Å²) in [6.07, 6.45) is 8.58. The lowest BCUT2D eigenvalue weighted by atomic mass is 9.77. The molecule has 2 unspecified atom stereocenters. The van der Waals surface area contributed by atoms with Gasteiger partial charge in [0.1, 0.15) is 0 Å². The molecule has 0 saturated heterocycles. The molecule has 0 aromatic heterocycles. The fourth-order valence-electron chi connectivity index (χ4n) is 3.25. The van der Waals surface area contributed by atoms with Crippen LogP contribution in [0.25, 0.3) is 0 Å². The Labute approximate surface area is 119 Å².